The number of carbonyl (C=O) groups is 1. The van der Waals surface area contributed by atoms with Crippen LogP contribution < -0.4 is 5.84 Å². The van der Waals surface area contributed by atoms with Gasteiger partial charge in [0.05, 0.1) is 12.1 Å². The number of carbonyl (C=O) groups excluding carboxylic acids is 1. The van der Waals surface area contributed by atoms with Crippen molar-refractivity contribution < 1.29 is 9.90 Å². The molecule has 4 rings (SSSR count). The van der Waals surface area contributed by atoms with E-state index in [1.54, 1.807) is 0 Å². The smallest absolute Gasteiger partial charge is 0.223 e. The molecule has 3 fully saturated rings. The second kappa shape index (κ2) is 9.06. The molecule has 0 aromatic rings. The molecule has 0 aromatic heterocycles. The molecule has 0 radical (unpaired) electrons. The van der Waals surface area contributed by atoms with Crippen LogP contribution in [0, 0.1) is 46.3 Å². The highest BCUT2D eigenvalue weighted by molar-refractivity contribution is 5.48. The molecule has 4 aliphatic rings. The molecule has 9 atom stereocenters. The SMILES string of the molecule is CC(C)CCC[C@@H](C)[C@H]1CC[C@H]2[C@@H]3CC=C4C[C@@H](O)CC(N(N)C=O)[C@]4(C)[C@H]3CC[C@]12C. The Kier molecular flexibility index (Phi) is 6.87. The minimum atomic E-state index is -0.390. The van der Waals surface area contributed by atoms with Gasteiger partial charge in [-0.1, -0.05) is 65.5 Å². The van der Waals surface area contributed by atoms with Crippen molar-refractivity contribution in [3.63, 3.8) is 0 Å². The van der Waals surface area contributed by atoms with Gasteiger partial charge < -0.3 is 5.11 Å². The minimum absolute atomic E-state index is 0.0971. The Morgan fingerprint density at radius 3 is 2.62 bits per heavy atom. The Morgan fingerprint density at radius 1 is 1.19 bits per heavy atom. The lowest BCUT2D eigenvalue weighted by Gasteiger charge is -2.61. The first-order valence-electron chi connectivity index (χ1n) is 13.5. The van der Waals surface area contributed by atoms with Crippen LogP contribution in [0.3, 0.4) is 0 Å². The summed E-state index contributed by atoms with van der Waals surface area (Å²) in [6.07, 6.45) is 14.7. The molecule has 182 valence electrons. The lowest BCUT2D eigenvalue weighted by molar-refractivity contribution is -0.131. The van der Waals surface area contributed by atoms with Gasteiger partial charge in [-0.3, -0.25) is 9.80 Å². The number of hydrogen-bond donors (Lipinski definition) is 2. The third-order valence-electron chi connectivity index (χ3n) is 10.9. The predicted molar refractivity (Wildman–Crippen MR) is 130 cm³/mol. The lowest BCUT2D eigenvalue weighted by atomic mass is 9.46. The maximum Gasteiger partial charge on any atom is 0.223 e. The van der Waals surface area contributed by atoms with Gasteiger partial charge >= 0.3 is 0 Å². The molecule has 0 aliphatic heterocycles. The third-order valence-corrected chi connectivity index (χ3v) is 10.9. The fraction of sp³-hybridized carbons (Fsp3) is 0.893. The van der Waals surface area contributed by atoms with Crippen LogP contribution in [0.1, 0.15) is 98.8 Å². The van der Waals surface area contributed by atoms with Gasteiger partial charge in [-0.25, -0.2) is 5.84 Å². The van der Waals surface area contributed by atoms with Gasteiger partial charge in [0.1, 0.15) is 0 Å². The number of hydrogen-bond acceptors (Lipinski definition) is 3. The van der Waals surface area contributed by atoms with Crippen LogP contribution in [0.2, 0.25) is 0 Å². The molecule has 3 N–H and O–H groups in total. The molecular weight excluding hydrogens is 396 g/mol. The van der Waals surface area contributed by atoms with Gasteiger partial charge in [-0.2, -0.15) is 0 Å². The van der Waals surface area contributed by atoms with E-state index < -0.39 is 6.10 Å². The fourth-order valence-corrected chi connectivity index (χ4v) is 9.23. The molecule has 0 saturated heterocycles. The Labute approximate surface area is 196 Å². The van der Waals surface area contributed by atoms with Gasteiger partial charge in [0.15, 0.2) is 0 Å². The zero-order valence-corrected chi connectivity index (χ0v) is 21.2. The van der Waals surface area contributed by atoms with Gasteiger partial charge in [-0.15, -0.1) is 0 Å². The highest BCUT2D eigenvalue weighted by Gasteiger charge is 2.61. The first-order chi connectivity index (χ1) is 15.1. The van der Waals surface area contributed by atoms with Crippen LogP contribution in [0.5, 0.6) is 0 Å². The molecule has 3 saturated carbocycles. The molecule has 4 aliphatic carbocycles. The number of nitrogens with zero attached hydrogens (tertiary/aromatic N) is 1. The molecule has 0 aromatic carbocycles. The summed E-state index contributed by atoms with van der Waals surface area (Å²) in [7, 11) is 0. The van der Waals surface area contributed by atoms with Crippen LogP contribution in [0.4, 0.5) is 0 Å². The summed E-state index contributed by atoms with van der Waals surface area (Å²) in [4.78, 5) is 11.7. The second-order valence-electron chi connectivity index (χ2n) is 12.8. The standard InChI is InChI=1S/C28H48N2O2/c1-18(2)7-6-8-19(3)23-11-12-24-22-10-9-20-15-21(32)16-26(30(29)17-31)28(20,5)25(22)13-14-27(23,24)4/h9,17-19,21-26,32H,6-8,10-16,29H2,1-5H3/t19-,21-,22+,23-,24+,25+,26?,27-,28+/m1/s1. The lowest BCUT2D eigenvalue weighted by Crippen LogP contribution is -2.61. The summed E-state index contributed by atoms with van der Waals surface area (Å²) >= 11 is 0. The Bertz CT molecular complexity index is 720. The van der Waals surface area contributed by atoms with E-state index in [1.165, 1.54) is 55.5 Å². The van der Waals surface area contributed by atoms with Gasteiger partial charge in [-0.05, 0) is 85.9 Å². The van der Waals surface area contributed by atoms with E-state index >= 15 is 0 Å². The van der Waals surface area contributed by atoms with Gasteiger partial charge in [0.25, 0.3) is 0 Å². The monoisotopic (exact) mass is 444 g/mol. The van der Waals surface area contributed by atoms with E-state index in [-0.39, 0.29) is 11.5 Å². The molecule has 1 amide bonds. The zero-order valence-electron chi connectivity index (χ0n) is 21.2. The van der Waals surface area contributed by atoms with E-state index in [1.807, 2.05) is 0 Å². The normalized spacial score (nSPS) is 44.3. The van der Waals surface area contributed by atoms with Crippen LogP contribution in [0.15, 0.2) is 11.6 Å². The summed E-state index contributed by atoms with van der Waals surface area (Å²) in [6, 6.07) is -0.0979. The average molecular weight is 445 g/mol. The predicted octanol–water partition coefficient (Wildman–Crippen LogP) is 5.70. The van der Waals surface area contributed by atoms with Crippen LogP contribution in [0.25, 0.3) is 0 Å². The topological polar surface area (TPSA) is 66.6 Å². The average Bonchev–Trinajstić information content (AvgIpc) is 3.10. The number of allylic oxidation sites excluding steroid dienone is 1. The fourth-order valence-electron chi connectivity index (χ4n) is 9.23. The number of rotatable bonds is 7. The third kappa shape index (κ3) is 3.87. The van der Waals surface area contributed by atoms with Crippen LogP contribution >= 0.6 is 0 Å². The molecule has 0 bridgehead atoms. The van der Waals surface area contributed by atoms with Crippen molar-refractivity contribution in [1.29, 1.82) is 0 Å². The summed E-state index contributed by atoms with van der Waals surface area (Å²) in [5.41, 5.74) is 1.72. The van der Waals surface area contributed by atoms with Crippen molar-refractivity contribution in [2.75, 3.05) is 0 Å². The van der Waals surface area contributed by atoms with Crippen molar-refractivity contribution in [1.82, 2.24) is 5.01 Å². The molecule has 1 unspecified atom stereocenters. The zero-order chi connectivity index (χ0) is 23.3. The largest absolute Gasteiger partial charge is 0.393 e. The molecule has 0 heterocycles. The minimum Gasteiger partial charge on any atom is -0.393 e. The first-order valence-corrected chi connectivity index (χ1v) is 13.5. The summed E-state index contributed by atoms with van der Waals surface area (Å²) < 4.78 is 0. The van der Waals surface area contributed by atoms with E-state index in [4.69, 9.17) is 5.84 Å². The van der Waals surface area contributed by atoms with Crippen molar-refractivity contribution in [2.24, 2.45) is 52.2 Å². The summed E-state index contributed by atoms with van der Waals surface area (Å²) in [5, 5.41) is 11.9. The number of nitrogens with two attached hydrogens (primary N) is 1. The van der Waals surface area contributed by atoms with E-state index in [2.05, 4.69) is 40.7 Å². The van der Waals surface area contributed by atoms with Gasteiger partial charge in [0, 0.05) is 5.41 Å². The Morgan fingerprint density at radius 2 is 1.94 bits per heavy atom. The number of aliphatic hydroxyl groups excluding tert-OH is 1. The Hall–Kier alpha value is -0.870. The number of fused-ring (bicyclic) bond motifs is 5. The number of aliphatic hydroxyl groups is 1. The van der Waals surface area contributed by atoms with Crippen LogP contribution in [-0.2, 0) is 4.79 Å². The van der Waals surface area contributed by atoms with Crippen molar-refractivity contribution in [2.45, 2.75) is 111 Å². The molecular formula is C28H48N2O2. The van der Waals surface area contributed by atoms with Crippen LogP contribution in [-0.4, -0.2) is 28.7 Å². The second-order valence-corrected chi connectivity index (χ2v) is 12.8. The van der Waals surface area contributed by atoms with E-state index in [0.29, 0.717) is 23.7 Å². The molecule has 4 heteroatoms. The first kappa shape index (κ1) is 24.3. The van der Waals surface area contributed by atoms with Crippen molar-refractivity contribution in [3.8, 4) is 0 Å². The molecule has 32 heavy (non-hydrogen) atoms. The Balaban J connectivity index is 1.56. The number of hydrazine groups is 1. The van der Waals surface area contributed by atoms with E-state index in [9.17, 15) is 9.90 Å². The van der Waals surface area contributed by atoms with Gasteiger partial charge in [0.2, 0.25) is 6.41 Å². The van der Waals surface area contributed by atoms with E-state index in [0.717, 1.165) is 42.9 Å². The number of amides is 1. The maximum absolute atomic E-state index is 11.7. The van der Waals surface area contributed by atoms with Crippen molar-refractivity contribution in [3.05, 3.63) is 11.6 Å². The quantitative estimate of drug-likeness (QED) is 0.174. The van der Waals surface area contributed by atoms with Crippen molar-refractivity contribution >= 4 is 6.41 Å². The highest BCUT2D eigenvalue weighted by atomic mass is 16.3. The highest BCUT2D eigenvalue weighted by Crippen LogP contribution is 2.67. The molecule has 0 spiro atoms. The maximum atomic E-state index is 11.7. The summed E-state index contributed by atoms with van der Waals surface area (Å²) in [6.45, 7) is 12.2. The summed E-state index contributed by atoms with van der Waals surface area (Å²) in [5.74, 6) is 10.7. The molecule has 4 nitrogen and oxygen atoms in total.